The van der Waals surface area contributed by atoms with E-state index in [0.29, 0.717) is 16.7 Å². The standard InChI is InChI=1S/C10H12O3.C2H6/c1-5-6(2)9(12)10(13-4)7(3)8(5)11;1-2/h1-4H3;1-2H3. The van der Waals surface area contributed by atoms with Crippen LogP contribution in [0, 0.1) is 0 Å². The van der Waals surface area contributed by atoms with Gasteiger partial charge in [0.2, 0.25) is 5.78 Å². The third-order valence-corrected chi connectivity index (χ3v) is 2.34. The van der Waals surface area contributed by atoms with Crippen LogP contribution < -0.4 is 0 Å². The second-order valence-corrected chi connectivity index (χ2v) is 3.07. The normalized spacial score (nSPS) is 16.4. The lowest BCUT2D eigenvalue weighted by Gasteiger charge is -2.16. The van der Waals surface area contributed by atoms with Crippen molar-refractivity contribution in [2.75, 3.05) is 7.11 Å². The maximum atomic E-state index is 11.5. The molecule has 15 heavy (non-hydrogen) atoms. The molecular weight excluding hydrogens is 192 g/mol. The summed E-state index contributed by atoms with van der Waals surface area (Å²) in [6.07, 6.45) is 0. The third kappa shape index (κ3) is 2.35. The molecule has 0 heterocycles. The lowest BCUT2D eigenvalue weighted by Crippen LogP contribution is -2.21. The van der Waals surface area contributed by atoms with E-state index >= 15 is 0 Å². The van der Waals surface area contributed by atoms with E-state index in [4.69, 9.17) is 4.74 Å². The van der Waals surface area contributed by atoms with Gasteiger partial charge in [0.25, 0.3) is 0 Å². The van der Waals surface area contributed by atoms with Crippen LogP contribution in [0.25, 0.3) is 0 Å². The molecule has 0 aromatic heterocycles. The molecule has 0 unspecified atom stereocenters. The highest BCUT2D eigenvalue weighted by Gasteiger charge is 2.28. The molecule has 0 bridgehead atoms. The molecule has 1 aliphatic rings. The molecule has 0 radical (unpaired) electrons. The van der Waals surface area contributed by atoms with Crippen molar-refractivity contribution in [1.82, 2.24) is 0 Å². The van der Waals surface area contributed by atoms with Crippen molar-refractivity contribution in [3.05, 3.63) is 22.5 Å². The number of carbonyl (C=O) groups is 2. The summed E-state index contributed by atoms with van der Waals surface area (Å²) in [5.74, 6) is -0.112. The van der Waals surface area contributed by atoms with Crippen LogP contribution in [0.4, 0.5) is 0 Å². The van der Waals surface area contributed by atoms with Crippen LogP contribution in [0.1, 0.15) is 34.6 Å². The zero-order valence-electron chi connectivity index (χ0n) is 10.2. The number of ketones is 2. The Kier molecular flexibility index (Phi) is 4.98. The fourth-order valence-electron chi connectivity index (χ4n) is 1.31. The molecule has 3 heteroatoms. The van der Waals surface area contributed by atoms with Gasteiger partial charge in [-0.15, -0.1) is 0 Å². The summed E-state index contributed by atoms with van der Waals surface area (Å²) in [7, 11) is 1.40. The molecule has 0 aliphatic heterocycles. The summed E-state index contributed by atoms with van der Waals surface area (Å²) in [5.41, 5.74) is 1.39. The van der Waals surface area contributed by atoms with E-state index in [9.17, 15) is 9.59 Å². The van der Waals surface area contributed by atoms with E-state index in [1.165, 1.54) is 7.11 Å². The van der Waals surface area contributed by atoms with E-state index in [1.54, 1.807) is 20.8 Å². The van der Waals surface area contributed by atoms with Crippen molar-refractivity contribution >= 4 is 11.6 Å². The van der Waals surface area contributed by atoms with E-state index in [0.717, 1.165) is 0 Å². The highest BCUT2D eigenvalue weighted by atomic mass is 16.5. The summed E-state index contributed by atoms with van der Waals surface area (Å²) in [6.45, 7) is 8.90. The van der Waals surface area contributed by atoms with Crippen LogP contribution in [-0.4, -0.2) is 18.7 Å². The van der Waals surface area contributed by atoms with E-state index in [1.807, 2.05) is 13.8 Å². The van der Waals surface area contributed by atoms with Crippen LogP contribution in [0.15, 0.2) is 22.5 Å². The average molecular weight is 210 g/mol. The second kappa shape index (κ2) is 5.49. The van der Waals surface area contributed by atoms with Gasteiger partial charge in [0.15, 0.2) is 11.5 Å². The molecule has 84 valence electrons. The van der Waals surface area contributed by atoms with Crippen molar-refractivity contribution in [3.8, 4) is 0 Å². The number of rotatable bonds is 1. The van der Waals surface area contributed by atoms with Gasteiger partial charge in [0, 0.05) is 16.7 Å². The first-order chi connectivity index (χ1) is 7.00. The smallest absolute Gasteiger partial charge is 0.224 e. The molecule has 1 aliphatic carbocycles. The molecule has 3 nitrogen and oxygen atoms in total. The second-order valence-electron chi connectivity index (χ2n) is 3.07. The van der Waals surface area contributed by atoms with E-state index < -0.39 is 0 Å². The van der Waals surface area contributed by atoms with Crippen LogP contribution in [0.3, 0.4) is 0 Å². The Morgan fingerprint density at radius 3 is 1.60 bits per heavy atom. The maximum Gasteiger partial charge on any atom is 0.224 e. The molecule has 1 rings (SSSR count). The van der Waals surface area contributed by atoms with Gasteiger partial charge in [-0.2, -0.15) is 0 Å². The zero-order chi connectivity index (χ0) is 12.2. The number of allylic oxidation sites excluding steroid dienone is 3. The molecule has 0 saturated heterocycles. The van der Waals surface area contributed by atoms with Gasteiger partial charge >= 0.3 is 0 Å². The predicted molar refractivity (Wildman–Crippen MR) is 59.4 cm³/mol. The number of methoxy groups -OCH3 is 1. The van der Waals surface area contributed by atoms with Gasteiger partial charge in [0.1, 0.15) is 0 Å². The van der Waals surface area contributed by atoms with Gasteiger partial charge < -0.3 is 4.74 Å². The SMILES string of the molecule is CC.COC1=C(C)C(=O)C(C)=C(C)C1=O. The van der Waals surface area contributed by atoms with Crippen molar-refractivity contribution < 1.29 is 14.3 Å². The van der Waals surface area contributed by atoms with Crippen LogP contribution in [0.2, 0.25) is 0 Å². The highest BCUT2D eigenvalue weighted by Crippen LogP contribution is 2.23. The number of hydrogen-bond acceptors (Lipinski definition) is 3. The fraction of sp³-hybridized carbons (Fsp3) is 0.500. The molecule has 0 atom stereocenters. The third-order valence-electron chi connectivity index (χ3n) is 2.34. The Morgan fingerprint density at radius 2 is 1.20 bits per heavy atom. The van der Waals surface area contributed by atoms with Crippen molar-refractivity contribution in [3.63, 3.8) is 0 Å². The molecule has 0 fully saturated rings. The summed E-state index contributed by atoms with van der Waals surface area (Å²) >= 11 is 0. The quantitative estimate of drug-likeness (QED) is 0.624. The fourth-order valence-corrected chi connectivity index (χ4v) is 1.31. The molecule has 0 saturated carbocycles. The summed E-state index contributed by atoms with van der Waals surface area (Å²) in [6, 6.07) is 0. The minimum Gasteiger partial charge on any atom is -0.492 e. The van der Waals surface area contributed by atoms with Gasteiger partial charge in [-0.25, -0.2) is 0 Å². The first-order valence-electron chi connectivity index (χ1n) is 5.02. The Morgan fingerprint density at radius 1 is 0.800 bits per heavy atom. The van der Waals surface area contributed by atoms with E-state index in [-0.39, 0.29) is 17.3 Å². The van der Waals surface area contributed by atoms with Gasteiger partial charge in [-0.1, -0.05) is 13.8 Å². The summed E-state index contributed by atoms with van der Waals surface area (Å²) < 4.78 is 4.88. The lowest BCUT2D eigenvalue weighted by atomic mass is 9.91. The van der Waals surface area contributed by atoms with E-state index in [2.05, 4.69) is 0 Å². The lowest BCUT2D eigenvalue weighted by molar-refractivity contribution is -0.118. The topological polar surface area (TPSA) is 43.4 Å². The summed E-state index contributed by atoms with van der Waals surface area (Å²) in [4.78, 5) is 23.0. The van der Waals surface area contributed by atoms with Gasteiger partial charge in [-0.3, -0.25) is 9.59 Å². The Bertz CT molecular complexity index is 346. The first-order valence-corrected chi connectivity index (χ1v) is 5.02. The Labute approximate surface area is 90.8 Å². The zero-order valence-corrected chi connectivity index (χ0v) is 10.2. The highest BCUT2D eigenvalue weighted by molar-refractivity contribution is 6.23. The minimum absolute atomic E-state index is 0.103. The number of hydrogen-bond donors (Lipinski definition) is 0. The number of ether oxygens (including phenoxy) is 1. The Balaban J connectivity index is 0.000000921. The number of carbonyl (C=O) groups excluding carboxylic acids is 2. The monoisotopic (exact) mass is 210 g/mol. The molecular formula is C12H18O3. The van der Waals surface area contributed by atoms with Gasteiger partial charge in [-0.05, 0) is 20.8 Å². The molecule has 0 aromatic rings. The van der Waals surface area contributed by atoms with Crippen LogP contribution >= 0.6 is 0 Å². The van der Waals surface area contributed by atoms with Crippen molar-refractivity contribution in [2.45, 2.75) is 34.6 Å². The van der Waals surface area contributed by atoms with Crippen LogP contribution in [-0.2, 0) is 14.3 Å². The van der Waals surface area contributed by atoms with Crippen molar-refractivity contribution in [2.24, 2.45) is 0 Å². The number of Topliss-reactive ketones (excluding diaryl/α,β-unsaturated/α-hetero) is 2. The largest absolute Gasteiger partial charge is 0.492 e. The Hall–Kier alpha value is -1.38. The minimum atomic E-state index is -0.183. The van der Waals surface area contributed by atoms with Crippen molar-refractivity contribution in [1.29, 1.82) is 0 Å². The van der Waals surface area contributed by atoms with Crippen LogP contribution in [0.5, 0.6) is 0 Å². The predicted octanol–water partition coefficient (Wildman–Crippen LogP) is 2.42. The molecule has 0 spiro atoms. The summed E-state index contributed by atoms with van der Waals surface area (Å²) in [5, 5.41) is 0. The molecule has 0 aromatic carbocycles. The first kappa shape index (κ1) is 13.6. The molecule has 0 amide bonds. The maximum absolute atomic E-state index is 11.5. The van der Waals surface area contributed by atoms with Gasteiger partial charge in [0.05, 0.1) is 7.11 Å². The average Bonchev–Trinajstić information content (AvgIpc) is 2.27. The molecule has 0 N–H and O–H groups in total.